The molecular formula is C116H101N13O12S9. The predicted octanol–water partition coefficient (Wildman–Crippen LogP) is 23.8. The van der Waals surface area contributed by atoms with E-state index in [0.717, 1.165) is 124 Å². The molecule has 12 aromatic carbocycles. The Morgan fingerprint density at radius 2 is 0.533 bits per heavy atom. The summed E-state index contributed by atoms with van der Waals surface area (Å²) in [6.07, 6.45) is 9.73. The number of pyridine rings is 4. The molecule has 0 spiro atoms. The normalized spacial score (nSPS) is 11.7. The third kappa shape index (κ3) is 25.6. The Morgan fingerprint density at radius 3 is 0.853 bits per heavy atom. The van der Waals surface area contributed by atoms with Gasteiger partial charge in [-0.1, -0.05) is 271 Å². The molecule has 0 aliphatic carbocycles. The Kier molecular flexibility index (Phi) is 35.1. The van der Waals surface area contributed by atoms with Crippen molar-refractivity contribution in [2.24, 2.45) is 0 Å². The highest BCUT2D eigenvalue weighted by Crippen LogP contribution is 2.29. The lowest BCUT2D eigenvalue weighted by Gasteiger charge is -2.25. The Hall–Kier alpha value is -15.7. The molecule has 25 nitrogen and oxygen atoms in total. The van der Waals surface area contributed by atoms with Crippen LogP contribution in [0.2, 0.25) is 0 Å². The van der Waals surface area contributed by atoms with E-state index in [-0.39, 0.29) is 56.8 Å². The molecule has 13 heterocycles. The standard InChI is InChI=1S/C18H18N2O3S2.C15H13NO2S.C15H13NOS.C14H12N2O2S.C14H12N2OS.C14H11NOS.C13H10N2OS.C12H8N2OS.CH4/c21-18-16-6-2-3-7-17(16)24-20(18)14-8-10-15(11-9-14)25(22,23)19-12-4-1-5-13-19;1-18-12-8-6-11(7-9-12)10-16-15(17)13-4-2-3-5-14(13)19-16;1-11-6-8-12(9-7-11)10-16-15(17)13-4-2-3-5-14(13)18-16;1-18-11-6-4-10(5-7-11)9-16-14(17)12-3-2-8-15-13(12)19-16;1-10-4-6-11(7-5-10)9-16-14(17)12-3-2-8-15-13(12)18-16;16-14-12-8-4-5-9-13(12)17-15(14)10-11-6-2-1-3-7-11;16-13-11-7-4-8-14-12(11)17-15(13)9-10-5-2-1-3-6-10;15-12-9-5-1-2-6-10(9)16-14(12)11-7-3-4-8-13-11;/h2-3,6-11H,1,4-5,12-13H2;2-9H,10H2,1H3;2-9H,10H2,1H3;2-8H,9H2,1H3;2-8H,9H2,1H3;1-9H,10H2;1-8H,9H2;1-8H;1H4. The van der Waals surface area contributed by atoms with Crippen molar-refractivity contribution in [3.63, 3.8) is 0 Å². The van der Waals surface area contributed by atoms with E-state index in [1.807, 2.05) is 265 Å². The highest BCUT2D eigenvalue weighted by Gasteiger charge is 2.27. The number of hydrogen-bond donors (Lipinski definition) is 0. The topological polar surface area (TPSA) is 283 Å². The monoisotopic (exact) mass is 2160 g/mol. The van der Waals surface area contributed by atoms with E-state index >= 15 is 0 Å². The summed E-state index contributed by atoms with van der Waals surface area (Å²) in [6.45, 7) is 8.97. The molecule has 0 radical (unpaired) electrons. The molecule has 25 rings (SSSR count). The van der Waals surface area contributed by atoms with Gasteiger partial charge in [-0.2, -0.15) is 4.31 Å². The summed E-state index contributed by atoms with van der Waals surface area (Å²) in [4.78, 5) is 117. The molecule has 0 amide bonds. The summed E-state index contributed by atoms with van der Waals surface area (Å²) in [7, 11) is -0.166. The van der Waals surface area contributed by atoms with E-state index < -0.39 is 10.0 Å². The lowest BCUT2D eigenvalue weighted by atomic mass is 10.1. The van der Waals surface area contributed by atoms with Crippen molar-refractivity contribution in [3.8, 4) is 23.0 Å². The number of nitrogens with zero attached hydrogens (tertiary/aromatic N) is 13. The van der Waals surface area contributed by atoms with E-state index in [0.29, 0.717) is 85.4 Å². The summed E-state index contributed by atoms with van der Waals surface area (Å²) >= 11 is 11.6. The van der Waals surface area contributed by atoms with Crippen LogP contribution in [0.3, 0.4) is 0 Å². The lowest BCUT2D eigenvalue weighted by molar-refractivity contribution is 0.346. The van der Waals surface area contributed by atoms with E-state index in [4.69, 9.17) is 9.47 Å². The number of hydrogen-bond acceptors (Lipinski definition) is 24. The molecule has 24 aromatic rings. The fraction of sp³-hybridized carbons (Fsp3) is 0.138. The van der Waals surface area contributed by atoms with Crippen molar-refractivity contribution in [1.29, 1.82) is 0 Å². The molecule has 0 N–H and O–H groups in total. The minimum absolute atomic E-state index is 0. The van der Waals surface area contributed by atoms with Gasteiger partial charge in [0, 0.05) is 37.9 Å². The summed E-state index contributed by atoms with van der Waals surface area (Å²) < 4.78 is 56.1. The van der Waals surface area contributed by atoms with Gasteiger partial charge in [0.15, 0.2) is 0 Å². The van der Waals surface area contributed by atoms with Crippen LogP contribution in [-0.2, 0) is 49.3 Å². The van der Waals surface area contributed by atoms with Crippen molar-refractivity contribution < 1.29 is 17.9 Å². The van der Waals surface area contributed by atoms with Gasteiger partial charge in [-0.25, -0.2) is 36.3 Å². The maximum Gasteiger partial charge on any atom is 0.274 e. The largest absolute Gasteiger partial charge is 0.497 e. The van der Waals surface area contributed by atoms with Gasteiger partial charge in [0.05, 0.1) is 131 Å². The van der Waals surface area contributed by atoms with Gasteiger partial charge >= 0.3 is 0 Å². The van der Waals surface area contributed by atoms with Crippen LogP contribution in [0.25, 0.3) is 92.6 Å². The van der Waals surface area contributed by atoms with Crippen LogP contribution < -0.4 is 53.9 Å². The van der Waals surface area contributed by atoms with Crippen molar-refractivity contribution in [1.82, 2.24) is 55.9 Å². The van der Waals surface area contributed by atoms with Crippen LogP contribution in [0.1, 0.15) is 71.2 Å². The molecule has 150 heavy (non-hydrogen) atoms. The lowest BCUT2D eigenvalue weighted by Crippen LogP contribution is -2.35. The quantitative estimate of drug-likeness (QED) is 0.0771. The van der Waals surface area contributed by atoms with Gasteiger partial charge in [0.2, 0.25) is 10.0 Å². The molecule has 0 unspecified atom stereocenters. The van der Waals surface area contributed by atoms with Gasteiger partial charge in [0.25, 0.3) is 44.5 Å². The number of rotatable bonds is 18. The van der Waals surface area contributed by atoms with Crippen molar-refractivity contribution in [3.05, 3.63) is 510 Å². The first-order chi connectivity index (χ1) is 72.6. The van der Waals surface area contributed by atoms with Gasteiger partial charge in [0.1, 0.15) is 31.8 Å². The van der Waals surface area contributed by atoms with Crippen LogP contribution in [0.4, 0.5) is 0 Å². The summed E-state index contributed by atoms with van der Waals surface area (Å²) in [5.41, 5.74) is 10.2. The van der Waals surface area contributed by atoms with Crippen LogP contribution in [0, 0.1) is 13.8 Å². The van der Waals surface area contributed by atoms with Crippen LogP contribution in [-0.4, -0.2) is 91.6 Å². The number of benzene rings is 12. The number of ether oxygens (including phenoxy) is 2. The van der Waals surface area contributed by atoms with Crippen molar-refractivity contribution in [2.45, 2.75) is 84.7 Å². The van der Waals surface area contributed by atoms with E-state index in [9.17, 15) is 46.8 Å². The molecule has 34 heteroatoms. The van der Waals surface area contributed by atoms with E-state index in [1.165, 1.54) is 103 Å². The average molecular weight is 2160 g/mol. The van der Waals surface area contributed by atoms with Crippen LogP contribution >= 0.6 is 92.3 Å². The maximum atomic E-state index is 12.7. The summed E-state index contributed by atoms with van der Waals surface area (Å²) in [5, 5.41) is 5.93. The Morgan fingerprint density at radius 1 is 0.260 bits per heavy atom. The number of aromatic nitrogens is 12. The number of aryl methyl sites for hydroxylation is 2. The zero-order valence-electron chi connectivity index (χ0n) is 81.0. The van der Waals surface area contributed by atoms with E-state index in [1.54, 1.807) is 120 Å². The predicted molar refractivity (Wildman–Crippen MR) is 618 cm³/mol. The minimum Gasteiger partial charge on any atom is -0.497 e. The molecular weight excluding hydrogens is 2060 g/mol. The molecule has 1 fully saturated rings. The third-order valence-corrected chi connectivity index (χ3v) is 34.4. The molecule has 1 aliphatic rings. The zero-order valence-corrected chi connectivity index (χ0v) is 88.4. The van der Waals surface area contributed by atoms with Gasteiger partial charge in [-0.3, -0.25) is 62.1 Å². The summed E-state index contributed by atoms with van der Waals surface area (Å²) in [5.74, 6) is 2.32. The minimum atomic E-state index is -3.45. The SMILES string of the molecule is C.COc1ccc(Cn2sc3ccccc3c2=O)cc1.COc1ccc(Cn2sc3ncccc3c2=O)cc1.Cc1ccc(Cn2sc3ccccc3c2=O)cc1.Cc1ccc(Cn2sc3ncccc3c2=O)cc1.O=c1c2ccccc2sn1-c1ccc(S(=O)(=O)N2CCCCC2)cc1.O=c1c2ccccc2sn1-c1ccccn1.O=c1c2ccccc2sn1Cc1ccccc1.O=c1c2cccnc2sn1Cc1ccccc1. The van der Waals surface area contributed by atoms with Crippen molar-refractivity contribution >= 4 is 183 Å². The first-order valence-electron chi connectivity index (χ1n) is 47.5. The number of sulfonamides is 1. The molecule has 0 bridgehead atoms. The number of methoxy groups -OCH3 is 2. The Labute approximate surface area is 894 Å². The Bertz CT molecular complexity index is 8980. The second kappa shape index (κ2) is 49.8. The highest BCUT2D eigenvalue weighted by molar-refractivity contribution is 7.89. The van der Waals surface area contributed by atoms with Gasteiger partial charge < -0.3 is 9.47 Å². The average Bonchev–Trinajstić information content (AvgIpc) is 1.58. The molecule has 756 valence electrons. The first-order valence-corrected chi connectivity index (χ1v) is 55.1. The maximum absolute atomic E-state index is 12.7. The summed E-state index contributed by atoms with van der Waals surface area (Å²) in [6, 6.07) is 113. The fourth-order valence-corrected chi connectivity index (χ4v) is 25.6. The Balaban J connectivity index is 0.000000117. The number of piperidine rings is 1. The second-order valence-electron chi connectivity index (χ2n) is 34.3. The molecule has 1 saturated heterocycles. The zero-order chi connectivity index (χ0) is 103. The van der Waals surface area contributed by atoms with E-state index in [2.05, 4.69) is 82.3 Å². The van der Waals surface area contributed by atoms with Gasteiger partial charge in [-0.05, 0) is 264 Å². The third-order valence-electron chi connectivity index (χ3n) is 24.0. The number of fused-ring (bicyclic) bond motifs is 8. The molecule has 12 aromatic heterocycles. The molecule has 0 atom stereocenters. The van der Waals surface area contributed by atoms with Gasteiger partial charge in [-0.15, -0.1) is 0 Å². The first kappa shape index (κ1) is 106. The molecule has 1 aliphatic heterocycles. The molecule has 0 saturated carbocycles. The van der Waals surface area contributed by atoms with Crippen molar-refractivity contribution in [2.75, 3.05) is 27.3 Å². The fourth-order valence-electron chi connectivity index (χ4n) is 16.2. The highest BCUT2D eigenvalue weighted by atomic mass is 32.2. The van der Waals surface area contributed by atoms with Crippen LogP contribution in [0.15, 0.2) is 426 Å². The second-order valence-corrected chi connectivity index (χ2v) is 44.4. The van der Waals surface area contributed by atoms with Crippen LogP contribution in [0.5, 0.6) is 11.5 Å². The smallest absolute Gasteiger partial charge is 0.274 e.